The summed E-state index contributed by atoms with van der Waals surface area (Å²) in [6, 6.07) is 28.8. The number of benzene rings is 4. The third kappa shape index (κ3) is 4.61. The number of hydrogen-bond donors (Lipinski definition) is 2. The molecule has 266 valence electrons. The normalized spacial score (nSPS) is 35.4. The first-order chi connectivity index (χ1) is 24.3. The lowest BCUT2D eigenvalue weighted by atomic mass is 9.69. The number of rotatable bonds is 6. The summed E-state index contributed by atoms with van der Waals surface area (Å²) in [7, 11) is 0. The highest BCUT2D eigenvalue weighted by atomic mass is 16.8. The van der Waals surface area contributed by atoms with Crippen LogP contribution in [0, 0.1) is 33.5 Å². The van der Waals surface area contributed by atoms with Gasteiger partial charge < -0.3 is 20.1 Å². The molecule has 4 aromatic rings. The Hall–Kier alpha value is -3.74. The molecule has 51 heavy (non-hydrogen) atoms. The van der Waals surface area contributed by atoms with Gasteiger partial charge in [0.1, 0.15) is 0 Å². The highest BCUT2D eigenvalue weighted by Crippen LogP contribution is 2.66. The van der Waals surface area contributed by atoms with Crippen LogP contribution in [0.15, 0.2) is 84.9 Å². The molecule has 5 fully saturated rings. The fourth-order valence-electron chi connectivity index (χ4n) is 11.5. The van der Waals surface area contributed by atoms with Gasteiger partial charge in [-0.3, -0.25) is 9.59 Å². The molecule has 8 atom stereocenters. The minimum atomic E-state index is -1.49. The van der Waals surface area contributed by atoms with Gasteiger partial charge in [0.25, 0.3) is 11.8 Å². The fraction of sp³-hybridized carbons (Fsp3) is 0.511. The van der Waals surface area contributed by atoms with E-state index in [1.54, 1.807) is 0 Å². The third-order valence-electron chi connectivity index (χ3n) is 15.9. The van der Waals surface area contributed by atoms with Crippen LogP contribution in [0.2, 0.25) is 0 Å². The fourth-order valence-corrected chi connectivity index (χ4v) is 11.5. The van der Waals surface area contributed by atoms with Crippen LogP contribution in [0.5, 0.6) is 0 Å². The smallest absolute Gasteiger partial charge is 0.252 e. The molecule has 0 aromatic heterocycles. The topological polar surface area (TPSA) is 76.7 Å². The van der Waals surface area contributed by atoms with Gasteiger partial charge in [0.15, 0.2) is 12.2 Å². The molecular weight excluding hydrogens is 633 g/mol. The Labute approximate surface area is 302 Å². The number of ether oxygens (including phenoxy) is 2. The van der Waals surface area contributed by atoms with Crippen LogP contribution in [0.4, 0.5) is 0 Å². The number of hydrogen-bond acceptors (Lipinski definition) is 4. The Morgan fingerprint density at radius 3 is 1.31 bits per heavy atom. The summed E-state index contributed by atoms with van der Waals surface area (Å²) in [5.74, 6) is -0.915. The first-order valence-corrected chi connectivity index (χ1v) is 19.2. The molecule has 1 aliphatic heterocycles. The lowest BCUT2D eigenvalue weighted by Gasteiger charge is -2.40. The zero-order valence-electron chi connectivity index (χ0n) is 30.9. The van der Waals surface area contributed by atoms with E-state index in [2.05, 4.69) is 101 Å². The molecule has 0 unspecified atom stereocenters. The Balaban J connectivity index is 1.14. The molecule has 1 saturated heterocycles. The summed E-state index contributed by atoms with van der Waals surface area (Å²) in [5, 5.41) is 11.2. The lowest BCUT2D eigenvalue weighted by Crippen LogP contribution is -2.56. The van der Waals surface area contributed by atoms with Gasteiger partial charge in [0, 0.05) is 23.2 Å². The molecule has 6 nitrogen and oxygen atoms in total. The molecule has 2 N–H and O–H groups in total. The van der Waals surface area contributed by atoms with Crippen molar-refractivity contribution < 1.29 is 19.1 Å². The predicted molar refractivity (Wildman–Crippen MR) is 201 cm³/mol. The van der Waals surface area contributed by atoms with E-state index in [4.69, 9.17) is 9.47 Å². The second kappa shape index (κ2) is 11.1. The van der Waals surface area contributed by atoms with E-state index < -0.39 is 18.0 Å². The standard InChI is InChI=1S/C45H52N2O4/c1-41(2)31-19-21-43(41,5)35(25-31)46-39(48)37-38(40(49)47-36-26-32-20-22-44(36,6)42(32,3)4)51-45(50-37,33-17-15-27-11-7-9-13-29(27)23-33)34-18-16-28-12-8-10-14-30(28)24-34/h7-18,23-24,31-32,35-38H,19-22,25-26H2,1-6H3,(H,46,48)(H,47,49)/t31-,32-,35+,36+,37-,38-,43+,44+/m1/s1. The van der Waals surface area contributed by atoms with Crippen LogP contribution in [0.3, 0.4) is 0 Å². The Morgan fingerprint density at radius 1 is 0.569 bits per heavy atom. The summed E-state index contributed by atoms with van der Waals surface area (Å²) in [5.41, 5.74) is 1.71. The second-order valence-corrected chi connectivity index (χ2v) is 18.2. The number of carbonyl (C=O) groups is 2. The summed E-state index contributed by atoms with van der Waals surface area (Å²) < 4.78 is 14.2. The molecular formula is C45H52N2O4. The highest BCUT2D eigenvalue weighted by Gasteiger charge is 2.64. The quantitative estimate of drug-likeness (QED) is 0.213. The molecule has 4 saturated carbocycles. The van der Waals surface area contributed by atoms with Gasteiger partial charge in [-0.15, -0.1) is 0 Å². The molecule has 5 aliphatic rings. The van der Waals surface area contributed by atoms with Crippen molar-refractivity contribution in [1.29, 1.82) is 0 Å². The average Bonchev–Trinajstić information content (AvgIpc) is 3.81. The monoisotopic (exact) mass is 684 g/mol. The van der Waals surface area contributed by atoms with Crippen molar-refractivity contribution in [2.75, 3.05) is 0 Å². The predicted octanol–water partition coefficient (Wildman–Crippen LogP) is 8.64. The van der Waals surface area contributed by atoms with Crippen molar-refractivity contribution in [2.45, 2.75) is 110 Å². The molecule has 4 aliphatic carbocycles. The van der Waals surface area contributed by atoms with Crippen LogP contribution in [0.25, 0.3) is 21.5 Å². The molecule has 6 heteroatoms. The Bertz CT molecular complexity index is 1920. The number of amides is 2. The van der Waals surface area contributed by atoms with Crippen LogP contribution in [0.1, 0.15) is 91.2 Å². The molecule has 4 aromatic carbocycles. The first kappa shape index (κ1) is 33.1. The Morgan fingerprint density at radius 2 is 0.961 bits per heavy atom. The minimum Gasteiger partial charge on any atom is -0.350 e. The molecule has 9 rings (SSSR count). The van der Waals surface area contributed by atoms with E-state index in [1.165, 1.54) is 12.8 Å². The average molecular weight is 685 g/mol. The zero-order valence-corrected chi connectivity index (χ0v) is 30.9. The van der Waals surface area contributed by atoms with Crippen molar-refractivity contribution in [2.24, 2.45) is 33.5 Å². The maximum absolute atomic E-state index is 14.8. The molecule has 0 radical (unpaired) electrons. The van der Waals surface area contributed by atoms with Crippen molar-refractivity contribution in [3.05, 3.63) is 96.1 Å². The van der Waals surface area contributed by atoms with Crippen LogP contribution >= 0.6 is 0 Å². The summed E-state index contributed by atoms with van der Waals surface area (Å²) >= 11 is 0. The molecule has 4 bridgehead atoms. The Kier molecular flexibility index (Phi) is 7.23. The van der Waals surface area contributed by atoms with Gasteiger partial charge in [-0.1, -0.05) is 114 Å². The van der Waals surface area contributed by atoms with E-state index in [-0.39, 0.29) is 45.6 Å². The lowest BCUT2D eigenvalue weighted by molar-refractivity contribution is -0.163. The SMILES string of the molecule is CC1(C)[C@@H]2CC[C@@]1(C)[C@@H](NC(=O)[C@@H]1OC(c3ccc4ccccc4c3)(c3ccc4ccccc4c3)O[C@H]1C(=O)N[C@H]1C[C@H]3CC[C@]1(C)C3(C)C)C2. The van der Waals surface area contributed by atoms with E-state index in [1.807, 2.05) is 36.4 Å². The molecule has 1 heterocycles. The van der Waals surface area contributed by atoms with Gasteiger partial charge in [-0.05, 0) is 106 Å². The highest BCUT2D eigenvalue weighted by molar-refractivity contribution is 5.92. The van der Waals surface area contributed by atoms with Gasteiger partial charge in [-0.25, -0.2) is 0 Å². The van der Waals surface area contributed by atoms with Gasteiger partial charge >= 0.3 is 0 Å². The van der Waals surface area contributed by atoms with E-state index >= 15 is 0 Å². The molecule has 0 spiro atoms. The number of fused-ring (bicyclic) bond motifs is 6. The summed E-state index contributed by atoms with van der Waals surface area (Å²) in [6.45, 7) is 14.1. The van der Waals surface area contributed by atoms with Crippen LogP contribution in [-0.2, 0) is 24.8 Å². The van der Waals surface area contributed by atoms with Gasteiger partial charge in [0.05, 0.1) is 0 Å². The van der Waals surface area contributed by atoms with E-state index in [0.29, 0.717) is 11.8 Å². The van der Waals surface area contributed by atoms with Crippen molar-refractivity contribution in [3.63, 3.8) is 0 Å². The van der Waals surface area contributed by atoms with Crippen molar-refractivity contribution in [1.82, 2.24) is 10.6 Å². The molecule has 2 amide bonds. The summed E-state index contributed by atoms with van der Waals surface area (Å²) in [4.78, 5) is 29.5. The van der Waals surface area contributed by atoms with Crippen LogP contribution in [-0.4, -0.2) is 36.1 Å². The first-order valence-electron chi connectivity index (χ1n) is 19.2. The summed E-state index contributed by atoms with van der Waals surface area (Å²) in [6.07, 6.45) is 4.13. The maximum atomic E-state index is 14.8. The number of carbonyl (C=O) groups excluding carboxylic acids is 2. The maximum Gasteiger partial charge on any atom is 0.252 e. The third-order valence-corrected chi connectivity index (χ3v) is 15.9. The van der Waals surface area contributed by atoms with E-state index in [0.717, 1.165) is 58.4 Å². The van der Waals surface area contributed by atoms with Crippen molar-refractivity contribution in [3.8, 4) is 0 Å². The van der Waals surface area contributed by atoms with Gasteiger partial charge in [-0.2, -0.15) is 0 Å². The van der Waals surface area contributed by atoms with Crippen molar-refractivity contribution >= 4 is 33.4 Å². The minimum absolute atomic E-state index is 0.00711. The largest absolute Gasteiger partial charge is 0.350 e. The number of nitrogens with one attached hydrogen (secondary N) is 2. The van der Waals surface area contributed by atoms with Crippen LogP contribution < -0.4 is 10.6 Å². The zero-order chi connectivity index (χ0) is 35.6. The van der Waals surface area contributed by atoms with Gasteiger partial charge in [0.2, 0.25) is 5.79 Å². The van der Waals surface area contributed by atoms with E-state index in [9.17, 15) is 9.59 Å². The second-order valence-electron chi connectivity index (χ2n) is 18.2.